The minimum Gasteiger partial charge on any atom is -0.493 e. The Labute approximate surface area is 222 Å². The van der Waals surface area contributed by atoms with Crippen LogP contribution in [0.25, 0.3) is 0 Å². The number of amides is 1. The molecule has 0 saturated heterocycles. The molecule has 0 bridgehead atoms. The second kappa shape index (κ2) is 12.2. The zero-order chi connectivity index (χ0) is 27.1. The molecule has 0 radical (unpaired) electrons. The fourth-order valence-corrected chi connectivity index (χ4v) is 4.25. The number of nitrogens with one attached hydrogen (secondary N) is 1. The third-order valence-corrected chi connectivity index (χ3v) is 5.95. The molecule has 192 valence electrons. The highest BCUT2D eigenvalue weighted by atomic mass is 79.9. The number of carbonyl (C=O) groups excluding carboxylic acids is 1. The Bertz CT molecular complexity index is 1380. The molecule has 13 nitrogen and oxygen atoms in total. The number of benzene rings is 2. The molecule has 3 rings (SSSR count). The molecule has 0 aliphatic carbocycles. The van der Waals surface area contributed by atoms with Crippen LogP contribution >= 0.6 is 27.7 Å². The van der Waals surface area contributed by atoms with Crippen LogP contribution in [0.4, 0.5) is 11.4 Å². The molecular weight excluding hydrogens is 572 g/mol. The molecular formula is C22H19BrN6O7S. The van der Waals surface area contributed by atoms with E-state index < -0.39 is 21.2 Å². The van der Waals surface area contributed by atoms with E-state index >= 15 is 0 Å². The molecule has 0 saturated carbocycles. The van der Waals surface area contributed by atoms with E-state index in [9.17, 15) is 25.0 Å². The maximum absolute atomic E-state index is 12.1. The van der Waals surface area contributed by atoms with Crippen LogP contribution < -0.4 is 14.9 Å². The number of carbonyl (C=O) groups is 1. The second-order valence-corrected chi connectivity index (χ2v) is 9.11. The zero-order valence-corrected chi connectivity index (χ0v) is 22.0. The minimum absolute atomic E-state index is 0.0635. The number of hydrogen-bond acceptors (Lipinski definition) is 11. The molecule has 3 aromatic rings. The average Bonchev–Trinajstić information content (AvgIpc) is 2.83. The first-order chi connectivity index (χ1) is 17.6. The molecule has 0 spiro atoms. The molecule has 1 heterocycles. The molecule has 0 atom stereocenters. The Morgan fingerprint density at radius 2 is 1.81 bits per heavy atom. The number of nitro groups is 2. The number of non-ortho nitro benzene ring substituents is 1. The lowest BCUT2D eigenvalue weighted by molar-refractivity contribution is -0.394. The summed E-state index contributed by atoms with van der Waals surface area (Å²) < 4.78 is 11.4. The van der Waals surface area contributed by atoms with Gasteiger partial charge in [-0.05, 0) is 59.6 Å². The summed E-state index contributed by atoms with van der Waals surface area (Å²) in [7, 11) is 1.37. The van der Waals surface area contributed by atoms with E-state index in [0.717, 1.165) is 29.6 Å². The lowest BCUT2D eigenvalue weighted by Gasteiger charge is -2.13. The fourth-order valence-electron chi connectivity index (χ4n) is 2.97. The SMILES string of the molecule is COc1cc(C=NNC(=O)CSc2nc(C)cc(C)n2)cc(Br)c1Oc1ccc([N+](=O)[O-])cc1[N+](=O)[O-]. The van der Waals surface area contributed by atoms with Crippen LogP contribution in [0.1, 0.15) is 17.0 Å². The van der Waals surface area contributed by atoms with Gasteiger partial charge in [-0.15, -0.1) is 0 Å². The van der Waals surface area contributed by atoms with Crippen LogP contribution in [-0.4, -0.2) is 44.8 Å². The maximum atomic E-state index is 12.1. The van der Waals surface area contributed by atoms with Gasteiger partial charge in [0.2, 0.25) is 5.75 Å². The Morgan fingerprint density at radius 3 is 2.43 bits per heavy atom. The number of aryl methyl sites for hydroxylation is 2. The predicted octanol–water partition coefficient (Wildman–Crippen LogP) is 4.72. The van der Waals surface area contributed by atoms with Gasteiger partial charge in [0.05, 0.1) is 39.5 Å². The number of nitro benzene ring substituents is 2. The lowest BCUT2D eigenvalue weighted by Crippen LogP contribution is -2.19. The van der Waals surface area contributed by atoms with Crippen molar-refractivity contribution in [3.8, 4) is 17.2 Å². The topological polar surface area (TPSA) is 172 Å². The number of rotatable bonds is 10. The van der Waals surface area contributed by atoms with Gasteiger partial charge in [-0.3, -0.25) is 25.0 Å². The normalized spacial score (nSPS) is 10.8. The van der Waals surface area contributed by atoms with E-state index in [0.29, 0.717) is 15.2 Å². The first-order valence-electron chi connectivity index (χ1n) is 10.3. The van der Waals surface area contributed by atoms with Crippen molar-refractivity contribution in [1.82, 2.24) is 15.4 Å². The van der Waals surface area contributed by atoms with Gasteiger partial charge < -0.3 is 9.47 Å². The number of aromatic nitrogens is 2. The van der Waals surface area contributed by atoms with Crippen molar-refractivity contribution in [2.24, 2.45) is 5.10 Å². The van der Waals surface area contributed by atoms with E-state index in [2.05, 4.69) is 36.4 Å². The van der Waals surface area contributed by atoms with Crippen LogP contribution in [-0.2, 0) is 4.79 Å². The molecule has 2 aromatic carbocycles. The fraction of sp³-hybridized carbons (Fsp3) is 0.182. The molecule has 15 heteroatoms. The standard InChI is InChI=1S/C22H19BrN6O7S/c1-12-6-13(2)26-22(25-12)37-11-20(30)27-24-10-14-7-16(23)21(19(8-14)35-3)36-18-5-4-15(28(31)32)9-17(18)29(33)34/h4-10H,11H2,1-3H3,(H,27,30). The molecule has 37 heavy (non-hydrogen) atoms. The maximum Gasteiger partial charge on any atom is 0.318 e. The van der Waals surface area contributed by atoms with Crippen molar-refractivity contribution >= 4 is 51.2 Å². The number of hydrazone groups is 1. The molecule has 1 aromatic heterocycles. The quantitative estimate of drug-likeness (QED) is 0.114. The largest absolute Gasteiger partial charge is 0.493 e. The summed E-state index contributed by atoms with van der Waals surface area (Å²) in [4.78, 5) is 41.5. The van der Waals surface area contributed by atoms with Gasteiger partial charge in [-0.25, -0.2) is 15.4 Å². The summed E-state index contributed by atoms with van der Waals surface area (Å²) in [5.74, 6) is -0.217. The molecule has 0 aliphatic heterocycles. The van der Waals surface area contributed by atoms with Gasteiger partial charge in [0.15, 0.2) is 16.7 Å². The van der Waals surface area contributed by atoms with Crippen molar-refractivity contribution in [3.63, 3.8) is 0 Å². The number of halogens is 1. The number of thioether (sulfide) groups is 1. The van der Waals surface area contributed by atoms with E-state index in [1.54, 1.807) is 6.07 Å². The molecule has 1 amide bonds. The first-order valence-corrected chi connectivity index (χ1v) is 12.1. The van der Waals surface area contributed by atoms with Crippen LogP contribution in [0.3, 0.4) is 0 Å². The average molecular weight is 591 g/mol. The first kappa shape index (κ1) is 27.5. The minimum atomic E-state index is -0.781. The number of methoxy groups -OCH3 is 1. The highest BCUT2D eigenvalue weighted by Crippen LogP contribution is 2.42. The summed E-state index contributed by atoms with van der Waals surface area (Å²) in [6.07, 6.45) is 1.38. The van der Waals surface area contributed by atoms with E-state index in [1.807, 2.05) is 19.9 Å². The summed E-state index contributed by atoms with van der Waals surface area (Å²) >= 11 is 4.51. The predicted molar refractivity (Wildman–Crippen MR) is 138 cm³/mol. The third-order valence-electron chi connectivity index (χ3n) is 4.51. The van der Waals surface area contributed by atoms with E-state index in [1.165, 1.54) is 31.2 Å². The van der Waals surface area contributed by atoms with Crippen molar-refractivity contribution in [2.45, 2.75) is 19.0 Å². The van der Waals surface area contributed by atoms with Crippen molar-refractivity contribution in [2.75, 3.05) is 12.9 Å². The molecule has 0 unspecified atom stereocenters. The van der Waals surface area contributed by atoms with Gasteiger partial charge >= 0.3 is 5.69 Å². The lowest BCUT2D eigenvalue weighted by atomic mass is 10.2. The summed E-state index contributed by atoms with van der Waals surface area (Å²) in [6.45, 7) is 3.69. The monoisotopic (exact) mass is 590 g/mol. The zero-order valence-electron chi connectivity index (χ0n) is 19.6. The Morgan fingerprint density at radius 1 is 1.11 bits per heavy atom. The van der Waals surface area contributed by atoms with Gasteiger partial charge in [0.25, 0.3) is 11.6 Å². The number of nitrogens with zero attached hydrogens (tertiary/aromatic N) is 5. The summed E-state index contributed by atoms with van der Waals surface area (Å²) in [5, 5.41) is 26.8. The van der Waals surface area contributed by atoms with Gasteiger partial charge in [0.1, 0.15) is 0 Å². The summed E-state index contributed by atoms with van der Waals surface area (Å²) in [5.41, 5.74) is 3.52. The highest BCUT2D eigenvalue weighted by Gasteiger charge is 2.23. The second-order valence-electron chi connectivity index (χ2n) is 7.32. The Balaban J connectivity index is 1.71. The molecule has 1 N–H and O–H groups in total. The Hall–Kier alpha value is -4.11. The van der Waals surface area contributed by atoms with Crippen LogP contribution in [0, 0.1) is 34.1 Å². The van der Waals surface area contributed by atoms with E-state index in [4.69, 9.17) is 9.47 Å². The third kappa shape index (κ3) is 7.44. The smallest absolute Gasteiger partial charge is 0.318 e. The molecule has 0 aliphatic rings. The van der Waals surface area contributed by atoms with Gasteiger partial charge in [-0.1, -0.05) is 11.8 Å². The highest BCUT2D eigenvalue weighted by molar-refractivity contribution is 9.10. The Kier molecular flexibility index (Phi) is 9.08. The van der Waals surface area contributed by atoms with Crippen molar-refractivity contribution < 1.29 is 24.1 Å². The van der Waals surface area contributed by atoms with Gasteiger partial charge in [-0.2, -0.15) is 5.10 Å². The van der Waals surface area contributed by atoms with Crippen molar-refractivity contribution in [3.05, 3.63) is 78.1 Å². The molecule has 0 fully saturated rings. The van der Waals surface area contributed by atoms with Crippen LogP contribution in [0.5, 0.6) is 17.2 Å². The summed E-state index contributed by atoms with van der Waals surface area (Å²) in [6, 6.07) is 7.99. The van der Waals surface area contributed by atoms with E-state index in [-0.39, 0.29) is 28.9 Å². The number of hydrogen-bond donors (Lipinski definition) is 1. The number of ether oxygens (including phenoxy) is 2. The van der Waals surface area contributed by atoms with Gasteiger partial charge in [0, 0.05) is 17.5 Å². The van der Waals surface area contributed by atoms with Crippen molar-refractivity contribution in [1.29, 1.82) is 0 Å². The van der Waals surface area contributed by atoms with Crippen LogP contribution in [0.2, 0.25) is 0 Å². The van der Waals surface area contributed by atoms with Crippen LogP contribution in [0.15, 0.2) is 51.1 Å².